The number of amides is 1. The largest absolute Gasteiger partial charge is 0.497 e. The molecule has 3 aromatic carbocycles. The third-order valence-electron chi connectivity index (χ3n) is 4.38. The number of carbonyl (C=O) groups is 1. The fourth-order valence-electron chi connectivity index (χ4n) is 3.05. The Labute approximate surface area is 160 Å². The zero-order chi connectivity index (χ0) is 19.1. The number of anilines is 1. The maximum atomic E-state index is 12.3. The van der Waals surface area contributed by atoms with Gasteiger partial charge in [-0.1, -0.05) is 54.6 Å². The van der Waals surface area contributed by atoms with E-state index >= 15 is 0 Å². The van der Waals surface area contributed by atoms with Crippen LogP contribution in [0.2, 0.25) is 0 Å². The molecule has 27 heavy (non-hydrogen) atoms. The van der Waals surface area contributed by atoms with Crippen molar-refractivity contribution in [1.29, 1.82) is 0 Å². The molecule has 3 aromatic rings. The fourth-order valence-corrected chi connectivity index (χ4v) is 3.05. The van der Waals surface area contributed by atoms with Gasteiger partial charge in [-0.3, -0.25) is 4.79 Å². The van der Waals surface area contributed by atoms with Crippen LogP contribution < -0.4 is 15.0 Å². The first-order valence-corrected chi connectivity index (χ1v) is 9.03. The van der Waals surface area contributed by atoms with Crippen molar-refractivity contribution in [3.8, 4) is 16.9 Å². The van der Waals surface area contributed by atoms with Crippen LogP contribution in [0.25, 0.3) is 11.1 Å². The van der Waals surface area contributed by atoms with Crippen molar-refractivity contribution in [3.63, 3.8) is 0 Å². The highest BCUT2D eigenvalue weighted by atomic mass is 16.5. The first-order valence-electron chi connectivity index (χ1n) is 9.03. The predicted octanol–water partition coefficient (Wildman–Crippen LogP) is 3.02. The van der Waals surface area contributed by atoms with Gasteiger partial charge in [-0.05, 0) is 35.4 Å². The third-order valence-corrected chi connectivity index (χ3v) is 4.38. The van der Waals surface area contributed by atoms with Gasteiger partial charge in [0.05, 0.1) is 14.2 Å². The van der Waals surface area contributed by atoms with Crippen molar-refractivity contribution in [2.24, 2.45) is 0 Å². The Morgan fingerprint density at radius 3 is 2.33 bits per heavy atom. The van der Waals surface area contributed by atoms with Crippen molar-refractivity contribution < 1.29 is 14.4 Å². The summed E-state index contributed by atoms with van der Waals surface area (Å²) in [4.78, 5) is 13.4. The molecule has 0 aliphatic carbocycles. The molecule has 0 fully saturated rings. The zero-order valence-corrected chi connectivity index (χ0v) is 15.7. The maximum absolute atomic E-state index is 12.3. The highest BCUT2D eigenvalue weighted by molar-refractivity contribution is 5.91. The number of hydrogen-bond donors (Lipinski definition) is 2. The maximum Gasteiger partial charge on any atom is 0.279 e. The average molecular weight is 361 g/mol. The van der Waals surface area contributed by atoms with E-state index in [4.69, 9.17) is 4.74 Å². The molecule has 0 bridgehead atoms. The highest BCUT2D eigenvalue weighted by Gasteiger charge is 2.11. The third kappa shape index (κ3) is 5.43. The molecule has 0 aliphatic heterocycles. The lowest BCUT2D eigenvalue weighted by Crippen LogP contribution is -3.08. The second kappa shape index (κ2) is 9.01. The summed E-state index contributed by atoms with van der Waals surface area (Å²) < 4.78 is 5.25. The summed E-state index contributed by atoms with van der Waals surface area (Å²) in [7, 11) is 3.67. The fraction of sp³-hybridized carbons (Fsp3) is 0.174. The Bertz CT molecular complexity index is 876. The van der Waals surface area contributed by atoms with Crippen LogP contribution in [0.3, 0.4) is 0 Å². The molecule has 1 amide bonds. The van der Waals surface area contributed by atoms with Gasteiger partial charge in [0.15, 0.2) is 6.54 Å². The Balaban J connectivity index is 1.54. The van der Waals surface area contributed by atoms with Gasteiger partial charge in [-0.25, -0.2) is 0 Å². The number of methoxy groups -OCH3 is 1. The normalized spacial score (nSPS) is 11.6. The molecule has 0 saturated carbocycles. The molecule has 0 radical (unpaired) electrons. The molecule has 3 rings (SSSR count). The standard InChI is InChI=1S/C23H24N2O2/c1-25(16-18-7-6-10-22(15-18)27-2)17-23(26)24-21-13-11-20(12-14-21)19-8-4-3-5-9-19/h3-15H,16-17H2,1-2H3,(H,24,26)/p+1. The zero-order valence-electron chi connectivity index (χ0n) is 15.7. The highest BCUT2D eigenvalue weighted by Crippen LogP contribution is 2.20. The minimum atomic E-state index is 0.00265. The molecule has 0 aromatic heterocycles. The van der Waals surface area contributed by atoms with E-state index in [0.29, 0.717) is 6.54 Å². The molecule has 1 unspecified atom stereocenters. The lowest BCUT2D eigenvalue weighted by molar-refractivity contribution is -0.885. The van der Waals surface area contributed by atoms with E-state index in [-0.39, 0.29) is 5.91 Å². The van der Waals surface area contributed by atoms with Crippen molar-refractivity contribution >= 4 is 11.6 Å². The summed E-state index contributed by atoms with van der Waals surface area (Å²) in [5.41, 5.74) is 4.26. The van der Waals surface area contributed by atoms with Gasteiger partial charge in [-0.15, -0.1) is 0 Å². The van der Waals surface area contributed by atoms with E-state index in [1.165, 1.54) is 0 Å². The van der Waals surface area contributed by atoms with E-state index in [0.717, 1.165) is 39.6 Å². The van der Waals surface area contributed by atoms with E-state index in [2.05, 4.69) is 17.4 Å². The molecule has 138 valence electrons. The molecule has 1 atom stereocenters. The van der Waals surface area contributed by atoms with Crippen molar-refractivity contribution in [2.75, 3.05) is 26.0 Å². The molecule has 4 nitrogen and oxygen atoms in total. The second-order valence-corrected chi connectivity index (χ2v) is 6.65. The lowest BCUT2D eigenvalue weighted by atomic mass is 10.1. The number of carbonyl (C=O) groups excluding carboxylic acids is 1. The molecule has 0 aliphatic rings. The van der Waals surface area contributed by atoms with Gasteiger partial charge in [-0.2, -0.15) is 0 Å². The number of hydrogen-bond acceptors (Lipinski definition) is 2. The van der Waals surface area contributed by atoms with Crippen molar-refractivity contribution in [3.05, 3.63) is 84.4 Å². The van der Waals surface area contributed by atoms with Gasteiger partial charge < -0.3 is 15.0 Å². The summed E-state index contributed by atoms with van der Waals surface area (Å²) in [5, 5.41) is 2.98. The first-order chi connectivity index (χ1) is 13.1. The number of nitrogens with one attached hydrogen (secondary N) is 2. The van der Waals surface area contributed by atoms with Crippen LogP contribution in [0.1, 0.15) is 5.56 Å². The van der Waals surface area contributed by atoms with Crippen molar-refractivity contribution in [2.45, 2.75) is 6.54 Å². The van der Waals surface area contributed by atoms with Gasteiger partial charge in [0.2, 0.25) is 0 Å². The summed E-state index contributed by atoms with van der Waals surface area (Å²) >= 11 is 0. The molecule has 0 spiro atoms. The molecule has 2 N–H and O–H groups in total. The van der Waals surface area contributed by atoms with Crippen LogP contribution in [0, 0.1) is 0 Å². The summed E-state index contributed by atoms with van der Waals surface area (Å²) in [5.74, 6) is 0.839. The molecular weight excluding hydrogens is 336 g/mol. The summed E-state index contributed by atoms with van der Waals surface area (Å²) in [6.45, 7) is 1.16. The van der Waals surface area contributed by atoms with Crippen LogP contribution in [-0.2, 0) is 11.3 Å². The molecule has 0 saturated heterocycles. The first kappa shape index (κ1) is 18.7. The minimum Gasteiger partial charge on any atom is -0.497 e. The van der Waals surface area contributed by atoms with E-state index in [9.17, 15) is 4.79 Å². The van der Waals surface area contributed by atoms with Gasteiger partial charge in [0.1, 0.15) is 12.3 Å². The quantitative estimate of drug-likeness (QED) is 0.679. The molecule has 0 heterocycles. The van der Waals surface area contributed by atoms with E-state index < -0.39 is 0 Å². The average Bonchev–Trinajstić information content (AvgIpc) is 2.69. The van der Waals surface area contributed by atoms with Crippen LogP contribution in [-0.4, -0.2) is 26.6 Å². The molecule has 4 heteroatoms. The van der Waals surface area contributed by atoms with Crippen molar-refractivity contribution in [1.82, 2.24) is 0 Å². The smallest absolute Gasteiger partial charge is 0.279 e. The van der Waals surface area contributed by atoms with Crippen LogP contribution in [0.5, 0.6) is 5.75 Å². The van der Waals surface area contributed by atoms with Crippen LogP contribution in [0.15, 0.2) is 78.9 Å². The van der Waals surface area contributed by atoms with Crippen LogP contribution in [0.4, 0.5) is 5.69 Å². The van der Waals surface area contributed by atoms with Gasteiger partial charge in [0, 0.05) is 11.3 Å². The van der Waals surface area contributed by atoms with E-state index in [1.54, 1.807) is 7.11 Å². The SMILES string of the molecule is COc1cccc(C[NH+](C)CC(=O)Nc2ccc(-c3ccccc3)cc2)c1. The monoisotopic (exact) mass is 361 g/mol. The Morgan fingerprint density at radius 2 is 1.63 bits per heavy atom. The summed E-state index contributed by atoms with van der Waals surface area (Å²) in [6, 6.07) is 26.1. The second-order valence-electron chi connectivity index (χ2n) is 6.65. The Kier molecular flexibility index (Phi) is 6.23. The number of ether oxygens (including phenoxy) is 1. The summed E-state index contributed by atoms with van der Waals surface area (Å²) in [6.07, 6.45) is 0. The predicted molar refractivity (Wildman–Crippen MR) is 109 cm³/mol. The lowest BCUT2D eigenvalue weighted by Gasteiger charge is -2.14. The number of quaternary nitrogens is 1. The van der Waals surface area contributed by atoms with Gasteiger partial charge in [0.25, 0.3) is 5.91 Å². The molecular formula is C23H25N2O2+. The number of rotatable bonds is 7. The van der Waals surface area contributed by atoms with Gasteiger partial charge >= 0.3 is 0 Å². The Morgan fingerprint density at radius 1 is 0.926 bits per heavy atom. The number of benzene rings is 3. The number of likely N-dealkylation sites (N-methyl/N-ethyl adjacent to an activating group) is 1. The minimum absolute atomic E-state index is 0.00265. The Hall–Kier alpha value is -3.11. The van der Waals surface area contributed by atoms with Crippen LogP contribution >= 0.6 is 0 Å². The van der Waals surface area contributed by atoms with E-state index in [1.807, 2.05) is 73.8 Å². The topological polar surface area (TPSA) is 42.8 Å².